The van der Waals surface area contributed by atoms with Gasteiger partial charge < -0.3 is 10.4 Å². The fourth-order valence-corrected chi connectivity index (χ4v) is 2.69. The third kappa shape index (κ3) is 2.99. The molecule has 0 saturated carbocycles. The molecular weight excluding hydrogens is 373 g/mol. The third-order valence-electron chi connectivity index (χ3n) is 3.50. The summed E-state index contributed by atoms with van der Waals surface area (Å²) in [6, 6.07) is 4.84. The summed E-state index contributed by atoms with van der Waals surface area (Å²) in [4.78, 5) is 41.4. The topological polar surface area (TPSA) is 122 Å². The van der Waals surface area contributed by atoms with Gasteiger partial charge in [-0.25, -0.2) is 4.79 Å². The van der Waals surface area contributed by atoms with E-state index in [1.54, 1.807) is 18.2 Å². The zero-order valence-electron chi connectivity index (χ0n) is 12.7. The van der Waals surface area contributed by atoms with Gasteiger partial charge in [0.05, 0.1) is 15.7 Å². The van der Waals surface area contributed by atoms with Gasteiger partial charge in [0.2, 0.25) is 5.95 Å². The number of fused-ring (bicyclic) bond motifs is 1. The number of rotatable bonds is 4. The summed E-state index contributed by atoms with van der Waals surface area (Å²) >= 11 is 12.1. The summed E-state index contributed by atoms with van der Waals surface area (Å²) < 4.78 is 2.26. The van der Waals surface area contributed by atoms with Crippen LogP contribution in [-0.2, 0) is 18.4 Å². The molecular formula is C14H11Cl2N5O4. The fraction of sp³-hybridized carbons (Fsp3) is 0.143. The first kappa shape index (κ1) is 17.1. The first-order valence-corrected chi connectivity index (χ1v) is 7.67. The standard InChI is InChI=1S/C14H11Cl2N5O4/c1-20-11-10(12(24)19-14(20)25)21(5-8(22)23)13(18-11)17-7-4-2-3-6(15)9(7)16/h2-4H,5H2,1H3,(H,17,18)(H,22,23)(H,19,24,25). The van der Waals surface area contributed by atoms with E-state index in [0.29, 0.717) is 5.69 Å². The lowest BCUT2D eigenvalue weighted by atomic mass is 10.3. The molecule has 0 fully saturated rings. The number of aryl methyl sites for hydroxylation is 1. The largest absolute Gasteiger partial charge is 0.480 e. The zero-order chi connectivity index (χ0) is 18.3. The van der Waals surface area contributed by atoms with Gasteiger partial charge in [-0.2, -0.15) is 4.98 Å². The van der Waals surface area contributed by atoms with Crippen LogP contribution in [0.4, 0.5) is 11.6 Å². The van der Waals surface area contributed by atoms with Crippen LogP contribution in [0.1, 0.15) is 0 Å². The van der Waals surface area contributed by atoms with Crippen molar-refractivity contribution >= 4 is 52.0 Å². The number of benzene rings is 1. The number of anilines is 2. The molecule has 25 heavy (non-hydrogen) atoms. The van der Waals surface area contributed by atoms with E-state index in [2.05, 4.69) is 15.3 Å². The van der Waals surface area contributed by atoms with Crippen molar-refractivity contribution in [1.82, 2.24) is 19.1 Å². The number of hydrogen-bond donors (Lipinski definition) is 3. The van der Waals surface area contributed by atoms with Gasteiger partial charge in [0.15, 0.2) is 11.2 Å². The van der Waals surface area contributed by atoms with Crippen molar-refractivity contribution in [2.24, 2.45) is 7.05 Å². The molecule has 9 nitrogen and oxygen atoms in total. The Hall–Kier alpha value is -2.78. The number of hydrogen-bond acceptors (Lipinski definition) is 5. The maximum Gasteiger partial charge on any atom is 0.329 e. The molecule has 0 radical (unpaired) electrons. The fourth-order valence-electron chi connectivity index (χ4n) is 2.34. The summed E-state index contributed by atoms with van der Waals surface area (Å²) in [5.41, 5.74) is -1.04. The highest BCUT2D eigenvalue weighted by molar-refractivity contribution is 6.43. The molecule has 3 aromatic rings. The Morgan fingerprint density at radius 2 is 2.08 bits per heavy atom. The lowest BCUT2D eigenvalue weighted by Crippen LogP contribution is -2.29. The molecule has 0 spiro atoms. The average molecular weight is 384 g/mol. The molecule has 0 amide bonds. The van der Waals surface area contributed by atoms with Crippen molar-refractivity contribution < 1.29 is 9.90 Å². The Kier molecular flexibility index (Phi) is 4.27. The highest BCUT2D eigenvalue weighted by Gasteiger charge is 2.20. The first-order chi connectivity index (χ1) is 11.8. The summed E-state index contributed by atoms with van der Waals surface area (Å²) in [6.45, 7) is -0.543. The molecule has 0 aliphatic rings. The molecule has 0 saturated heterocycles. The number of nitrogens with zero attached hydrogens (tertiary/aromatic N) is 3. The second kappa shape index (κ2) is 6.26. The van der Waals surface area contributed by atoms with E-state index >= 15 is 0 Å². The minimum absolute atomic E-state index is 0.0354. The van der Waals surface area contributed by atoms with Crippen LogP contribution in [0.5, 0.6) is 0 Å². The van der Waals surface area contributed by atoms with Crippen LogP contribution in [-0.4, -0.2) is 30.2 Å². The smallest absolute Gasteiger partial charge is 0.329 e. The molecule has 2 heterocycles. The minimum Gasteiger partial charge on any atom is -0.480 e. The molecule has 130 valence electrons. The van der Waals surface area contributed by atoms with E-state index in [4.69, 9.17) is 28.3 Å². The number of aromatic nitrogens is 4. The number of aliphatic carboxylic acids is 1. The molecule has 0 aliphatic carbocycles. The number of carbonyl (C=O) groups is 1. The van der Waals surface area contributed by atoms with Gasteiger partial charge in [0.25, 0.3) is 5.56 Å². The molecule has 11 heteroatoms. The number of H-pyrrole nitrogens is 1. The maximum atomic E-state index is 12.1. The van der Waals surface area contributed by atoms with Gasteiger partial charge in [0.1, 0.15) is 6.54 Å². The number of aromatic amines is 1. The van der Waals surface area contributed by atoms with Crippen LogP contribution in [0, 0.1) is 0 Å². The predicted molar refractivity (Wildman–Crippen MR) is 93.0 cm³/mol. The number of carboxylic acids is 1. The lowest BCUT2D eigenvalue weighted by molar-refractivity contribution is -0.137. The van der Waals surface area contributed by atoms with Crippen molar-refractivity contribution in [2.45, 2.75) is 6.54 Å². The number of nitrogens with one attached hydrogen (secondary N) is 2. The minimum atomic E-state index is -1.19. The molecule has 0 unspecified atom stereocenters. The maximum absolute atomic E-state index is 12.1. The van der Waals surface area contributed by atoms with Gasteiger partial charge in [-0.3, -0.25) is 23.7 Å². The molecule has 0 aliphatic heterocycles. The number of halogens is 2. The van der Waals surface area contributed by atoms with Crippen molar-refractivity contribution in [1.29, 1.82) is 0 Å². The Balaban J connectivity index is 2.27. The monoisotopic (exact) mass is 383 g/mol. The molecule has 3 rings (SSSR count). The molecule has 2 aromatic heterocycles. The van der Waals surface area contributed by atoms with Crippen molar-refractivity contribution in [3.05, 3.63) is 49.1 Å². The van der Waals surface area contributed by atoms with Crippen LogP contribution >= 0.6 is 23.2 Å². The van der Waals surface area contributed by atoms with Crippen LogP contribution < -0.4 is 16.6 Å². The van der Waals surface area contributed by atoms with E-state index in [1.165, 1.54) is 7.05 Å². The molecule has 0 atom stereocenters. The van der Waals surface area contributed by atoms with Crippen molar-refractivity contribution in [3.63, 3.8) is 0 Å². The van der Waals surface area contributed by atoms with Gasteiger partial charge >= 0.3 is 11.7 Å². The summed E-state index contributed by atoms with van der Waals surface area (Å²) in [7, 11) is 1.41. The van der Waals surface area contributed by atoms with E-state index in [-0.39, 0.29) is 27.2 Å². The molecule has 3 N–H and O–H groups in total. The van der Waals surface area contributed by atoms with Crippen LogP contribution in [0.15, 0.2) is 27.8 Å². The lowest BCUT2D eigenvalue weighted by Gasteiger charge is -2.10. The van der Waals surface area contributed by atoms with Crippen LogP contribution in [0.25, 0.3) is 11.2 Å². The average Bonchev–Trinajstić information content (AvgIpc) is 2.88. The highest BCUT2D eigenvalue weighted by Crippen LogP contribution is 2.32. The molecule has 1 aromatic carbocycles. The van der Waals surface area contributed by atoms with Crippen molar-refractivity contribution in [3.8, 4) is 0 Å². The summed E-state index contributed by atoms with van der Waals surface area (Å²) in [5.74, 6) is -1.15. The van der Waals surface area contributed by atoms with Crippen molar-refractivity contribution in [2.75, 3.05) is 5.32 Å². The second-order valence-electron chi connectivity index (χ2n) is 5.13. The van der Waals surface area contributed by atoms with Gasteiger partial charge in [-0.1, -0.05) is 29.3 Å². The Morgan fingerprint density at radius 1 is 1.36 bits per heavy atom. The summed E-state index contributed by atoms with van der Waals surface area (Å²) in [5, 5.41) is 12.5. The molecule has 0 bridgehead atoms. The predicted octanol–water partition coefficient (Wildman–Crippen LogP) is 1.56. The van der Waals surface area contributed by atoms with Crippen LogP contribution in [0.2, 0.25) is 10.0 Å². The van der Waals surface area contributed by atoms with E-state index in [1.807, 2.05) is 0 Å². The SMILES string of the molecule is Cn1c(=O)[nH]c(=O)c2c1nc(Nc1cccc(Cl)c1Cl)n2CC(=O)O. The van der Waals surface area contributed by atoms with Gasteiger partial charge in [-0.15, -0.1) is 0 Å². The number of imidazole rings is 1. The van der Waals surface area contributed by atoms with Crippen LogP contribution in [0.3, 0.4) is 0 Å². The van der Waals surface area contributed by atoms with E-state index in [9.17, 15) is 14.4 Å². The van der Waals surface area contributed by atoms with Gasteiger partial charge in [-0.05, 0) is 12.1 Å². The normalized spacial score (nSPS) is 11.0. The first-order valence-electron chi connectivity index (χ1n) is 6.92. The zero-order valence-corrected chi connectivity index (χ0v) is 14.2. The quantitative estimate of drug-likeness (QED) is 0.628. The Bertz CT molecular complexity index is 1110. The highest BCUT2D eigenvalue weighted by atomic mass is 35.5. The second-order valence-corrected chi connectivity index (χ2v) is 5.92. The van der Waals surface area contributed by atoms with E-state index in [0.717, 1.165) is 9.13 Å². The third-order valence-corrected chi connectivity index (χ3v) is 4.32. The Labute approximate surface area is 149 Å². The van der Waals surface area contributed by atoms with Gasteiger partial charge in [0, 0.05) is 7.05 Å². The summed E-state index contributed by atoms with van der Waals surface area (Å²) in [6.07, 6.45) is 0. The number of carboxylic acid groups (broad SMARTS) is 1. The van der Waals surface area contributed by atoms with E-state index < -0.39 is 23.8 Å². The Morgan fingerprint density at radius 3 is 2.76 bits per heavy atom.